The number of carbonyl (C=O) groups is 1. The van der Waals surface area contributed by atoms with Crippen LogP contribution >= 0.6 is 0 Å². The Kier molecular flexibility index (Phi) is 2.97. The molecule has 2 atom stereocenters. The maximum Gasteiger partial charge on any atom is 0.272 e. The minimum atomic E-state index is -0.340. The van der Waals surface area contributed by atoms with Gasteiger partial charge in [-0.05, 0) is 25.7 Å². The molecule has 2 heterocycles. The molecule has 19 heavy (non-hydrogen) atoms. The van der Waals surface area contributed by atoms with Crippen molar-refractivity contribution >= 4 is 11.6 Å². The number of hydrogen-bond donors (Lipinski definition) is 0. The molecule has 0 unspecified atom stereocenters. The van der Waals surface area contributed by atoms with E-state index in [0.29, 0.717) is 18.9 Å². The highest BCUT2D eigenvalue weighted by Crippen LogP contribution is 2.35. The summed E-state index contributed by atoms with van der Waals surface area (Å²) in [5, 5.41) is 11.0. The first kappa shape index (κ1) is 12.1. The van der Waals surface area contributed by atoms with Crippen molar-refractivity contribution in [2.75, 3.05) is 0 Å². The molecular weight excluding hydrogens is 244 g/mol. The second-order valence-corrected chi connectivity index (χ2v) is 5.31. The van der Waals surface area contributed by atoms with Crippen LogP contribution in [0.5, 0.6) is 0 Å². The molecule has 3 rings (SSSR count). The average Bonchev–Trinajstić information content (AvgIpc) is 2.95. The van der Waals surface area contributed by atoms with Crippen molar-refractivity contribution in [3.05, 3.63) is 39.9 Å². The molecule has 0 saturated carbocycles. The number of benzene rings is 1. The van der Waals surface area contributed by atoms with E-state index in [4.69, 9.17) is 0 Å². The molecule has 0 aromatic heterocycles. The van der Waals surface area contributed by atoms with Crippen LogP contribution in [0, 0.1) is 10.1 Å². The lowest BCUT2D eigenvalue weighted by Gasteiger charge is -2.24. The van der Waals surface area contributed by atoms with Crippen LogP contribution < -0.4 is 0 Å². The Bertz CT molecular complexity index is 529. The molecule has 0 N–H and O–H groups in total. The summed E-state index contributed by atoms with van der Waals surface area (Å²) in [5.41, 5.74) is 0.899. The van der Waals surface area contributed by atoms with Crippen LogP contribution in [0.3, 0.4) is 0 Å². The van der Waals surface area contributed by atoms with Gasteiger partial charge in [-0.2, -0.15) is 0 Å². The Morgan fingerprint density at radius 2 is 2.05 bits per heavy atom. The number of nitro benzene ring substituents is 1. The summed E-state index contributed by atoms with van der Waals surface area (Å²) in [6.07, 6.45) is 4.18. The first-order valence-electron chi connectivity index (χ1n) is 6.70. The number of amides is 1. The van der Waals surface area contributed by atoms with Crippen LogP contribution in [-0.4, -0.2) is 27.8 Å². The fraction of sp³-hybridized carbons (Fsp3) is 0.500. The summed E-state index contributed by atoms with van der Waals surface area (Å²) in [7, 11) is 0. The summed E-state index contributed by atoms with van der Waals surface area (Å²) < 4.78 is 0. The first-order valence-corrected chi connectivity index (χ1v) is 6.70. The van der Waals surface area contributed by atoms with Gasteiger partial charge < -0.3 is 4.90 Å². The Morgan fingerprint density at radius 3 is 2.84 bits per heavy atom. The zero-order valence-corrected chi connectivity index (χ0v) is 10.6. The van der Waals surface area contributed by atoms with Crippen molar-refractivity contribution in [1.29, 1.82) is 0 Å². The maximum absolute atomic E-state index is 11.9. The smallest absolute Gasteiger partial charge is 0.272 e. The van der Waals surface area contributed by atoms with Crippen molar-refractivity contribution < 1.29 is 9.72 Å². The number of nitrogens with zero attached hydrogens (tertiary/aromatic N) is 2. The number of carbonyl (C=O) groups excluding carboxylic acids is 1. The Labute approximate surface area is 111 Å². The topological polar surface area (TPSA) is 63.4 Å². The van der Waals surface area contributed by atoms with E-state index in [0.717, 1.165) is 24.8 Å². The van der Waals surface area contributed by atoms with Crippen LogP contribution in [0.1, 0.15) is 31.2 Å². The average molecular weight is 260 g/mol. The third-order valence-corrected chi connectivity index (χ3v) is 4.24. The standard InChI is InChI=1S/C14H16N2O3/c17-14-8-7-11-5-6-12(15(11)14)9-10-3-1-2-4-13(10)16(18)19/h1-4,11-12H,5-9H2/t11-,12-/m1/s1. The quantitative estimate of drug-likeness (QED) is 0.618. The number of fused-ring (bicyclic) bond motifs is 1. The molecule has 2 aliphatic heterocycles. The van der Waals surface area contributed by atoms with Gasteiger partial charge in [0.1, 0.15) is 0 Å². The van der Waals surface area contributed by atoms with Crippen molar-refractivity contribution in [3.63, 3.8) is 0 Å². The lowest BCUT2D eigenvalue weighted by atomic mass is 10.0. The van der Waals surface area contributed by atoms with Crippen molar-refractivity contribution in [1.82, 2.24) is 4.90 Å². The summed E-state index contributed by atoms with van der Waals surface area (Å²) in [6, 6.07) is 7.35. The van der Waals surface area contributed by atoms with Gasteiger partial charge in [0.25, 0.3) is 5.69 Å². The van der Waals surface area contributed by atoms with E-state index >= 15 is 0 Å². The van der Waals surface area contributed by atoms with Gasteiger partial charge >= 0.3 is 0 Å². The number of nitro groups is 1. The minimum Gasteiger partial charge on any atom is -0.336 e. The lowest BCUT2D eigenvalue weighted by Crippen LogP contribution is -2.36. The molecule has 5 nitrogen and oxygen atoms in total. The van der Waals surface area contributed by atoms with E-state index in [1.807, 2.05) is 11.0 Å². The Balaban J connectivity index is 1.82. The molecule has 0 bridgehead atoms. The number of rotatable bonds is 3. The lowest BCUT2D eigenvalue weighted by molar-refractivity contribution is -0.385. The van der Waals surface area contributed by atoms with Gasteiger partial charge in [0, 0.05) is 30.1 Å². The SMILES string of the molecule is O=C1CC[C@H]2CC[C@H](Cc3ccccc3[N+](=O)[O-])N12. The zero-order chi connectivity index (χ0) is 13.4. The summed E-state index contributed by atoms with van der Waals surface area (Å²) in [5.74, 6) is 0.214. The molecule has 1 aromatic carbocycles. The monoisotopic (exact) mass is 260 g/mol. The van der Waals surface area contributed by atoms with Crippen LogP contribution in [0.2, 0.25) is 0 Å². The van der Waals surface area contributed by atoms with E-state index in [-0.39, 0.29) is 22.6 Å². The second-order valence-electron chi connectivity index (χ2n) is 5.31. The predicted octanol–water partition coefficient (Wildman–Crippen LogP) is 2.29. The summed E-state index contributed by atoms with van der Waals surface area (Å²) >= 11 is 0. The normalized spacial score (nSPS) is 25.7. The third-order valence-electron chi connectivity index (χ3n) is 4.24. The van der Waals surface area contributed by atoms with Gasteiger partial charge in [-0.3, -0.25) is 14.9 Å². The van der Waals surface area contributed by atoms with Gasteiger partial charge in [0.15, 0.2) is 0 Å². The molecule has 2 aliphatic rings. The number of hydrogen-bond acceptors (Lipinski definition) is 3. The molecule has 100 valence electrons. The van der Waals surface area contributed by atoms with E-state index in [9.17, 15) is 14.9 Å². The minimum absolute atomic E-state index is 0.140. The van der Waals surface area contributed by atoms with Crippen LogP contribution in [0.15, 0.2) is 24.3 Å². The summed E-state index contributed by atoms with van der Waals surface area (Å²) in [4.78, 5) is 24.5. The van der Waals surface area contributed by atoms with E-state index in [2.05, 4.69) is 0 Å². The zero-order valence-electron chi connectivity index (χ0n) is 10.6. The molecule has 0 radical (unpaired) electrons. The Morgan fingerprint density at radius 1 is 1.26 bits per heavy atom. The van der Waals surface area contributed by atoms with Crippen molar-refractivity contribution in [3.8, 4) is 0 Å². The van der Waals surface area contributed by atoms with Crippen LogP contribution in [0.25, 0.3) is 0 Å². The summed E-state index contributed by atoms with van der Waals surface area (Å²) in [6.45, 7) is 0. The molecule has 0 spiro atoms. The highest BCUT2D eigenvalue weighted by Gasteiger charge is 2.41. The van der Waals surface area contributed by atoms with E-state index in [1.165, 1.54) is 6.07 Å². The predicted molar refractivity (Wildman–Crippen MR) is 69.7 cm³/mol. The number of para-hydroxylation sites is 1. The highest BCUT2D eigenvalue weighted by atomic mass is 16.6. The first-order chi connectivity index (χ1) is 9.16. The largest absolute Gasteiger partial charge is 0.336 e. The van der Waals surface area contributed by atoms with Gasteiger partial charge in [0.05, 0.1) is 4.92 Å². The Hall–Kier alpha value is -1.91. The fourth-order valence-electron chi connectivity index (χ4n) is 3.39. The molecule has 0 aliphatic carbocycles. The van der Waals surface area contributed by atoms with Gasteiger partial charge in [-0.15, -0.1) is 0 Å². The van der Waals surface area contributed by atoms with E-state index in [1.54, 1.807) is 12.1 Å². The van der Waals surface area contributed by atoms with Gasteiger partial charge in [-0.1, -0.05) is 18.2 Å². The van der Waals surface area contributed by atoms with Gasteiger partial charge in [-0.25, -0.2) is 0 Å². The molecule has 2 saturated heterocycles. The van der Waals surface area contributed by atoms with Gasteiger partial charge in [0.2, 0.25) is 5.91 Å². The van der Waals surface area contributed by atoms with E-state index < -0.39 is 0 Å². The molecule has 1 aromatic rings. The molecular formula is C14H16N2O3. The molecule has 1 amide bonds. The maximum atomic E-state index is 11.9. The molecule has 2 fully saturated rings. The van der Waals surface area contributed by atoms with Crippen molar-refractivity contribution in [2.24, 2.45) is 0 Å². The second kappa shape index (κ2) is 4.64. The highest BCUT2D eigenvalue weighted by molar-refractivity contribution is 5.79. The van der Waals surface area contributed by atoms with Crippen LogP contribution in [0.4, 0.5) is 5.69 Å². The van der Waals surface area contributed by atoms with Crippen molar-refractivity contribution in [2.45, 2.75) is 44.2 Å². The van der Waals surface area contributed by atoms with Crippen LogP contribution in [-0.2, 0) is 11.2 Å². The third kappa shape index (κ3) is 2.09. The fourth-order valence-corrected chi connectivity index (χ4v) is 3.39. The molecule has 5 heteroatoms.